The maximum absolute atomic E-state index is 13.3. The molecule has 2 aromatic rings. The largest absolute Gasteiger partial charge is 0.491 e. The molecular formula is C25H35N5O4. The second-order valence-electron chi connectivity index (χ2n) is 8.85. The average molecular weight is 470 g/mol. The average Bonchev–Trinajstić information content (AvgIpc) is 2.84. The number of rotatable bonds is 5. The minimum atomic E-state index is -0.385. The molecule has 0 aliphatic carbocycles. The summed E-state index contributed by atoms with van der Waals surface area (Å²) < 4.78 is 12.0. The molecule has 1 aromatic heterocycles. The fourth-order valence-corrected chi connectivity index (χ4v) is 4.14. The predicted molar refractivity (Wildman–Crippen MR) is 130 cm³/mol. The van der Waals surface area contributed by atoms with Crippen LogP contribution in [-0.4, -0.2) is 84.1 Å². The van der Waals surface area contributed by atoms with Gasteiger partial charge in [-0.3, -0.25) is 19.5 Å². The Morgan fingerprint density at radius 1 is 1.26 bits per heavy atom. The van der Waals surface area contributed by atoms with Gasteiger partial charge in [0.05, 0.1) is 17.9 Å². The number of anilines is 1. The summed E-state index contributed by atoms with van der Waals surface area (Å²) in [5.41, 5.74) is 1.16. The van der Waals surface area contributed by atoms with Crippen molar-refractivity contribution in [3.63, 3.8) is 0 Å². The molecular weight excluding hydrogens is 434 g/mol. The molecule has 2 amide bonds. The maximum atomic E-state index is 13.3. The van der Waals surface area contributed by atoms with Gasteiger partial charge in [-0.1, -0.05) is 13.8 Å². The zero-order valence-corrected chi connectivity index (χ0v) is 20.7. The number of methoxy groups -OCH3 is 1. The molecule has 1 aliphatic heterocycles. The first-order valence-corrected chi connectivity index (χ1v) is 11.7. The van der Waals surface area contributed by atoms with Crippen LogP contribution in [0, 0.1) is 5.92 Å². The van der Waals surface area contributed by atoms with Crippen LogP contribution in [0.25, 0.3) is 0 Å². The van der Waals surface area contributed by atoms with Crippen LogP contribution >= 0.6 is 0 Å². The van der Waals surface area contributed by atoms with E-state index < -0.39 is 0 Å². The number of fused-ring (bicyclic) bond motifs is 1. The molecule has 0 fully saturated rings. The van der Waals surface area contributed by atoms with Crippen molar-refractivity contribution in [3.05, 3.63) is 48.0 Å². The standard InChI is InChI=1S/C25H35N5O4/c1-6-11-30-14-17(2)23(33-5)15-29(4)25(32)20-8-7-19(12-22(20)34-16-18(30)3)28-24(31)21-13-26-9-10-27-21/h7-10,12-13,17-18,23H,6,11,14-16H2,1-5H3,(H,28,31)/t17-,18+,23+/m0/s1. The van der Waals surface area contributed by atoms with Crippen molar-refractivity contribution in [2.75, 3.05) is 45.7 Å². The molecule has 0 saturated carbocycles. The van der Waals surface area contributed by atoms with Crippen LogP contribution in [0.1, 0.15) is 48.0 Å². The van der Waals surface area contributed by atoms with E-state index in [1.54, 1.807) is 37.3 Å². The highest BCUT2D eigenvalue weighted by molar-refractivity contribution is 6.03. The Morgan fingerprint density at radius 2 is 2.06 bits per heavy atom. The third-order valence-electron chi connectivity index (χ3n) is 6.14. The van der Waals surface area contributed by atoms with Crippen LogP contribution in [0.5, 0.6) is 5.75 Å². The first-order chi connectivity index (χ1) is 16.3. The number of likely N-dealkylation sites (N-methyl/N-ethyl adjacent to an activating group) is 1. The van der Waals surface area contributed by atoms with E-state index >= 15 is 0 Å². The molecule has 184 valence electrons. The summed E-state index contributed by atoms with van der Waals surface area (Å²) >= 11 is 0. The normalized spacial score (nSPS) is 22.2. The number of benzene rings is 1. The molecule has 1 aliphatic rings. The van der Waals surface area contributed by atoms with Gasteiger partial charge in [-0.15, -0.1) is 0 Å². The second-order valence-corrected chi connectivity index (χ2v) is 8.85. The van der Waals surface area contributed by atoms with Gasteiger partial charge >= 0.3 is 0 Å². The third kappa shape index (κ3) is 6.30. The van der Waals surface area contributed by atoms with Gasteiger partial charge in [0.2, 0.25) is 0 Å². The summed E-state index contributed by atoms with van der Waals surface area (Å²) in [6.07, 6.45) is 5.31. The molecule has 34 heavy (non-hydrogen) atoms. The zero-order chi connectivity index (χ0) is 24.7. The number of amides is 2. The van der Waals surface area contributed by atoms with Gasteiger partial charge in [-0.05, 0) is 37.9 Å². The summed E-state index contributed by atoms with van der Waals surface area (Å²) in [5, 5.41) is 2.81. The summed E-state index contributed by atoms with van der Waals surface area (Å²) in [7, 11) is 3.47. The minimum absolute atomic E-state index is 0.0881. The Kier molecular flexibility index (Phi) is 8.95. The lowest BCUT2D eigenvalue weighted by Crippen LogP contribution is -2.46. The number of hydrogen-bond acceptors (Lipinski definition) is 7. The topological polar surface area (TPSA) is 96.9 Å². The van der Waals surface area contributed by atoms with Gasteiger partial charge in [-0.25, -0.2) is 4.98 Å². The van der Waals surface area contributed by atoms with Gasteiger partial charge < -0.3 is 19.7 Å². The van der Waals surface area contributed by atoms with Crippen molar-refractivity contribution >= 4 is 17.5 Å². The Morgan fingerprint density at radius 3 is 2.74 bits per heavy atom. The molecule has 1 aromatic carbocycles. The highest BCUT2D eigenvalue weighted by atomic mass is 16.5. The SMILES string of the molecule is CCCN1C[C@H](C)[C@H](OC)CN(C)C(=O)c2ccc(NC(=O)c3cnccn3)cc2OC[C@H]1C. The van der Waals surface area contributed by atoms with Crippen molar-refractivity contribution in [3.8, 4) is 5.75 Å². The molecule has 9 nitrogen and oxygen atoms in total. The molecule has 3 rings (SSSR count). The zero-order valence-electron chi connectivity index (χ0n) is 20.7. The number of carbonyl (C=O) groups is 2. The van der Waals surface area contributed by atoms with Crippen molar-refractivity contribution in [1.82, 2.24) is 19.8 Å². The van der Waals surface area contributed by atoms with E-state index in [-0.39, 0.29) is 35.6 Å². The molecule has 3 atom stereocenters. The number of aromatic nitrogens is 2. The van der Waals surface area contributed by atoms with Crippen molar-refractivity contribution in [2.45, 2.75) is 39.3 Å². The van der Waals surface area contributed by atoms with E-state index in [9.17, 15) is 9.59 Å². The van der Waals surface area contributed by atoms with Crippen LogP contribution in [-0.2, 0) is 4.74 Å². The highest BCUT2D eigenvalue weighted by Crippen LogP contribution is 2.27. The van der Waals surface area contributed by atoms with Gasteiger partial charge in [0, 0.05) is 57.4 Å². The summed E-state index contributed by atoms with van der Waals surface area (Å²) in [4.78, 5) is 37.8. The van der Waals surface area contributed by atoms with Crippen molar-refractivity contribution in [1.29, 1.82) is 0 Å². The quantitative estimate of drug-likeness (QED) is 0.719. The smallest absolute Gasteiger partial charge is 0.275 e. The Labute approximate surface area is 201 Å². The molecule has 0 saturated heterocycles. The van der Waals surface area contributed by atoms with Crippen LogP contribution in [0.15, 0.2) is 36.8 Å². The molecule has 1 N–H and O–H groups in total. The minimum Gasteiger partial charge on any atom is -0.491 e. The van der Waals surface area contributed by atoms with Gasteiger partial charge in [0.1, 0.15) is 18.1 Å². The lowest BCUT2D eigenvalue weighted by molar-refractivity contribution is 0.0108. The summed E-state index contributed by atoms with van der Waals surface area (Å²) in [5.74, 6) is 0.130. The monoisotopic (exact) mass is 469 g/mol. The van der Waals surface area contributed by atoms with Crippen LogP contribution in [0.2, 0.25) is 0 Å². The number of nitrogens with one attached hydrogen (secondary N) is 1. The Balaban J connectivity index is 1.91. The summed E-state index contributed by atoms with van der Waals surface area (Å²) in [6.45, 7) is 9.13. The molecule has 9 heteroatoms. The van der Waals surface area contributed by atoms with E-state index in [0.29, 0.717) is 30.2 Å². The first kappa shape index (κ1) is 25.6. The van der Waals surface area contributed by atoms with Gasteiger partial charge in [0.25, 0.3) is 11.8 Å². The van der Waals surface area contributed by atoms with Gasteiger partial charge in [0.15, 0.2) is 0 Å². The van der Waals surface area contributed by atoms with E-state index in [2.05, 4.69) is 41.0 Å². The Bertz CT molecular complexity index is 971. The Hall–Kier alpha value is -3.04. The van der Waals surface area contributed by atoms with E-state index in [4.69, 9.17) is 9.47 Å². The van der Waals surface area contributed by atoms with E-state index in [1.165, 1.54) is 18.6 Å². The lowest BCUT2D eigenvalue weighted by atomic mass is 10.0. The predicted octanol–water partition coefficient (Wildman–Crippen LogP) is 2.94. The van der Waals surface area contributed by atoms with Crippen molar-refractivity contribution < 1.29 is 19.1 Å². The molecule has 2 heterocycles. The fraction of sp³-hybridized carbons (Fsp3) is 0.520. The highest BCUT2D eigenvalue weighted by Gasteiger charge is 2.28. The second kappa shape index (κ2) is 11.9. The number of hydrogen-bond donors (Lipinski definition) is 1. The molecule has 0 bridgehead atoms. The lowest BCUT2D eigenvalue weighted by Gasteiger charge is -2.35. The molecule has 0 unspecified atom stereocenters. The first-order valence-electron chi connectivity index (χ1n) is 11.7. The summed E-state index contributed by atoms with van der Waals surface area (Å²) in [6, 6.07) is 5.20. The number of ether oxygens (including phenoxy) is 2. The molecule has 0 radical (unpaired) electrons. The van der Waals surface area contributed by atoms with Crippen molar-refractivity contribution in [2.24, 2.45) is 5.92 Å². The van der Waals surface area contributed by atoms with Crippen LogP contribution in [0.4, 0.5) is 5.69 Å². The number of carbonyl (C=O) groups excluding carboxylic acids is 2. The van der Waals surface area contributed by atoms with E-state index in [0.717, 1.165) is 19.5 Å². The van der Waals surface area contributed by atoms with Gasteiger partial charge in [-0.2, -0.15) is 0 Å². The fourth-order valence-electron chi connectivity index (χ4n) is 4.14. The van der Waals surface area contributed by atoms with Crippen LogP contribution in [0.3, 0.4) is 0 Å². The maximum Gasteiger partial charge on any atom is 0.275 e. The van der Waals surface area contributed by atoms with Crippen LogP contribution < -0.4 is 10.1 Å². The third-order valence-corrected chi connectivity index (χ3v) is 6.14. The molecule has 0 spiro atoms. The number of nitrogens with zero attached hydrogens (tertiary/aromatic N) is 4. The van der Waals surface area contributed by atoms with E-state index in [1.807, 2.05) is 0 Å².